The van der Waals surface area contributed by atoms with Gasteiger partial charge in [-0.1, -0.05) is 36.1 Å². The molecule has 1 aromatic heterocycles. The summed E-state index contributed by atoms with van der Waals surface area (Å²) < 4.78 is 33.3. The summed E-state index contributed by atoms with van der Waals surface area (Å²) in [5, 5.41) is 2.71. The van der Waals surface area contributed by atoms with Crippen LogP contribution in [0.3, 0.4) is 0 Å². The number of sulfonamides is 1. The number of benzene rings is 2. The number of methoxy groups -OCH3 is 1. The van der Waals surface area contributed by atoms with Gasteiger partial charge in [0.25, 0.3) is 15.9 Å². The number of anilines is 2. The van der Waals surface area contributed by atoms with Crippen molar-refractivity contribution in [1.29, 1.82) is 0 Å². The predicted octanol–water partition coefficient (Wildman–Crippen LogP) is 4.13. The Balaban J connectivity index is 1.33. The largest absolute Gasteiger partial charge is 0.497 e. The Hall–Kier alpha value is -3.81. The van der Waals surface area contributed by atoms with Gasteiger partial charge in [0.2, 0.25) is 11.9 Å². The van der Waals surface area contributed by atoms with E-state index in [9.17, 15) is 18.0 Å². The number of carbonyl (C=O) groups is 2. The molecule has 0 spiro atoms. The van der Waals surface area contributed by atoms with Crippen LogP contribution in [0.25, 0.3) is 6.08 Å². The maximum Gasteiger partial charge on any atom is 0.266 e. The van der Waals surface area contributed by atoms with Crippen molar-refractivity contribution in [3.8, 4) is 5.75 Å². The predicted molar refractivity (Wildman–Crippen MR) is 155 cm³/mol. The zero-order valence-electron chi connectivity index (χ0n) is 21.3. The van der Waals surface area contributed by atoms with Crippen LogP contribution in [0.2, 0.25) is 0 Å². The topological polar surface area (TPSA) is 131 Å². The van der Waals surface area contributed by atoms with E-state index in [-0.39, 0.29) is 35.6 Å². The van der Waals surface area contributed by atoms with E-state index in [1.807, 2.05) is 12.1 Å². The second-order valence-corrected chi connectivity index (χ2v) is 11.9. The summed E-state index contributed by atoms with van der Waals surface area (Å²) in [6.45, 7) is 3.60. The van der Waals surface area contributed by atoms with Gasteiger partial charge >= 0.3 is 0 Å². The van der Waals surface area contributed by atoms with Crippen molar-refractivity contribution in [2.75, 3.05) is 23.7 Å². The third-order valence-corrected chi connectivity index (χ3v) is 8.23. The molecular weight excluding hydrogens is 559 g/mol. The normalized spacial score (nSPS) is 14.5. The number of nitrogens with zero attached hydrogens (tertiary/aromatic N) is 3. The zero-order chi connectivity index (χ0) is 28.2. The van der Waals surface area contributed by atoms with Crippen molar-refractivity contribution in [1.82, 2.24) is 14.9 Å². The minimum atomic E-state index is -3.92. The van der Waals surface area contributed by atoms with Gasteiger partial charge in [-0.05, 0) is 68.0 Å². The van der Waals surface area contributed by atoms with Gasteiger partial charge in [-0.15, -0.1) is 0 Å². The molecule has 0 radical (unpaired) electrons. The van der Waals surface area contributed by atoms with Gasteiger partial charge in [0, 0.05) is 30.0 Å². The van der Waals surface area contributed by atoms with E-state index in [0.29, 0.717) is 32.1 Å². The third-order valence-electron chi connectivity index (χ3n) is 5.51. The van der Waals surface area contributed by atoms with Gasteiger partial charge < -0.3 is 10.1 Å². The monoisotopic (exact) mass is 583 g/mol. The standard InChI is InChI=1S/C26H25N5O5S3/c1-16-14-17(2)28-25(27-16)30-39(34,35)21-10-6-19(7-11-21)29-23(32)12-13-31-24(33)22(38-26(31)37)15-18-4-8-20(36-3)9-5-18/h4-11,14-15H,12-13H2,1-3H3,(H,29,32)(H,27,28,30)/b22-15-. The molecule has 4 rings (SSSR count). The summed E-state index contributed by atoms with van der Waals surface area (Å²) in [5.74, 6) is 0.0917. The first kappa shape index (κ1) is 28.2. The summed E-state index contributed by atoms with van der Waals surface area (Å²) in [5.41, 5.74) is 2.51. The molecule has 3 aromatic rings. The number of aryl methyl sites for hydroxylation is 2. The Labute approximate surface area is 235 Å². The van der Waals surface area contributed by atoms with Crippen molar-refractivity contribution in [3.05, 3.63) is 76.5 Å². The van der Waals surface area contributed by atoms with Crippen molar-refractivity contribution < 1.29 is 22.7 Å². The van der Waals surface area contributed by atoms with Gasteiger partial charge in [0.1, 0.15) is 10.1 Å². The average molecular weight is 584 g/mol. The van der Waals surface area contributed by atoms with E-state index in [4.69, 9.17) is 17.0 Å². The minimum Gasteiger partial charge on any atom is -0.497 e. The first-order chi connectivity index (χ1) is 18.5. The fourth-order valence-corrected chi connectivity index (χ4v) is 5.90. The van der Waals surface area contributed by atoms with Crippen molar-refractivity contribution in [3.63, 3.8) is 0 Å². The minimum absolute atomic E-state index is 0.00785. The summed E-state index contributed by atoms with van der Waals surface area (Å²) in [4.78, 5) is 35.4. The lowest BCUT2D eigenvalue weighted by Crippen LogP contribution is -2.31. The summed E-state index contributed by atoms with van der Waals surface area (Å²) >= 11 is 6.53. The molecule has 0 aliphatic carbocycles. The Kier molecular flexibility index (Phi) is 8.63. The van der Waals surface area contributed by atoms with Crippen LogP contribution in [-0.4, -0.2) is 53.1 Å². The van der Waals surface area contributed by atoms with Gasteiger partial charge in [-0.25, -0.2) is 23.1 Å². The Morgan fingerprint density at radius 2 is 1.72 bits per heavy atom. The molecule has 0 bridgehead atoms. The van der Waals surface area contributed by atoms with Crippen LogP contribution in [0.1, 0.15) is 23.4 Å². The lowest BCUT2D eigenvalue weighted by molar-refractivity contribution is -0.122. The molecule has 0 atom stereocenters. The molecule has 1 aliphatic rings. The maximum absolute atomic E-state index is 12.8. The number of thioether (sulfide) groups is 1. The average Bonchev–Trinajstić information content (AvgIpc) is 3.14. The van der Waals surface area contributed by atoms with E-state index < -0.39 is 10.0 Å². The van der Waals surface area contributed by atoms with E-state index in [2.05, 4.69) is 20.0 Å². The van der Waals surface area contributed by atoms with E-state index in [0.717, 1.165) is 5.56 Å². The Morgan fingerprint density at radius 1 is 1.08 bits per heavy atom. The number of rotatable bonds is 9. The van der Waals surface area contributed by atoms with Gasteiger partial charge in [-0.2, -0.15) is 0 Å². The highest BCUT2D eigenvalue weighted by Gasteiger charge is 2.32. The number of carbonyl (C=O) groups excluding carboxylic acids is 2. The SMILES string of the molecule is COc1ccc(/C=C2\SC(=S)N(CCC(=O)Nc3ccc(S(=O)(=O)Nc4nc(C)cc(C)n4)cc3)C2=O)cc1. The van der Waals surface area contributed by atoms with E-state index in [1.165, 1.54) is 40.9 Å². The fraction of sp³-hybridized carbons (Fsp3) is 0.192. The molecule has 2 heterocycles. The molecule has 13 heteroatoms. The van der Waals surface area contributed by atoms with Crippen molar-refractivity contribution >= 4 is 67.8 Å². The number of aromatic nitrogens is 2. The number of hydrogen-bond acceptors (Lipinski definition) is 9. The molecule has 10 nitrogen and oxygen atoms in total. The Bertz CT molecular complexity index is 1540. The molecular formula is C26H25N5O5S3. The van der Waals surface area contributed by atoms with Gasteiger partial charge in [0.05, 0.1) is 16.9 Å². The van der Waals surface area contributed by atoms with Crippen LogP contribution in [0, 0.1) is 13.8 Å². The number of hydrogen-bond donors (Lipinski definition) is 2. The lowest BCUT2D eigenvalue weighted by Gasteiger charge is -2.14. The number of ether oxygens (including phenoxy) is 1. The lowest BCUT2D eigenvalue weighted by atomic mass is 10.2. The van der Waals surface area contributed by atoms with Gasteiger partial charge in [-0.3, -0.25) is 14.5 Å². The number of amides is 2. The first-order valence-corrected chi connectivity index (χ1v) is 14.4. The molecule has 0 saturated carbocycles. The summed E-state index contributed by atoms with van der Waals surface area (Å²) in [7, 11) is -2.34. The van der Waals surface area contributed by atoms with Crippen LogP contribution < -0.4 is 14.8 Å². The Morgan fingerprint density at radius 3 is 2.33 bits per heavy atom. The molecule has 2 aromatic carbocycles. The maximum atomic E-state index is 12.8. The molecule has 2 N–H and O–H groups in total. The smallest absolute Gasteiger partial charge is 0.266 e. The highest BCUT2D eigenvalue weighted by Crippen LogP contribution is 2.33. The molecule has 1 fully saturated rings. The second kappa shape index (κ2) is 11.9. The van der Waals surface area contributed by atoms with E-state index >= 15 is 0 Å². The fourth-order valence-electron chi connectivity index (χ4n) is 3.65. The highest BCUT2D eigenvalue weighted by molar-refractivity contribution is 8.26. The molecule has 0 unspecified atom stereocenters. The summed E-state index contributed by atoms with van der Waals surface area (Å²) in [6, 6.07) is 14.7. The quantitative estimate of drug-likeness (QED) is 0.282. The number of nitrogens with one attached hydrogen (secondary N) is 2. The highest BCUT2D eigenvalue weighted by atomic mass is 32.2. The molecule has 39 heavy (non-hydrogen) atoms. The molecule has 202 valence electrons. The van der Waals surface area contributed by atoms with Crippen LogP contribution in [0.5, 0.6) is 5.75 Å². The summed E-state index contributed by atoms with van der Waals surface area (Å²) in [6.07, 6.45) is 1.75. The third kappa shape index (κ3) is 7.19. The molecule has 2 amide bonds. The molecule has 1 saturated heterocycles. The van der Waals surface area contributed by atoms with Crippen molar-refractivity contribution in [2.24, 2.45) is 0 Å². The molecule has 1 aliphatic heterocycles. The zero-order valence-corrected chi connectivity index (χ0v) is 23.7. The first-order valence-electron chi connectivity index (χ1n) is 11.7. The van der Waals surface area contributed by atoms with Crippen LogP contribution in [-0.2, 0) is 19.6 Å². The van der Waals surface area contributed by atoms with Crippen LogP contribution in [0.4, 0.5) is 11.6 Å². The van der Waals surface area contributed by atoms with Gasteiger partial charge in [0.15, 0.2) is 0 Å². The number of thiocarbonyl (C=S) groups is 1. The van der Waals surface area contributed by atoms with Crippen LogP contribution in [0.15, 0.2) is 64.4 Å². The van der Waals surface area contributed by atoms with Crippen molar-refractivity contribution in [2.45, 2.75) is 25.2 Å². The second-order valence-electron chi connectivity index (χ2n) is 8.51. The van der Waals surface area contributed by atoms with Crippen LogP contribution >= 0.6 is 24.0 Å². The van der Waals surface area contributed by atoms with E-state index in [1.54, 1.807) is 45.2 Å².